The van der Waals surface area contributed by atoms with Crippen molar-refractivity contribution < 1.29 is 9.90 Å². The van der Waals surface area contributed by atoms with Crippen LogP contribution in [-0.2, 0) is 0 Å². The molecule has 2 rings (SSSR count). The Bertz CT molecular complexity index is 455. The van der Waals surface area contributed by atoms with Crippen molar-refractivity contribution in [2.75, 3.05) is 18.4 Å². The highest BCUT2D eigenvalue weighted by Crippen LogP contribution is 2.27. The van der Waals surface area contributed by atoms with Gasteiger partial charge in [-0.25, -0.2) is 4.79 Å². The minimum Gasteiger partial charge on any atom is -0.386 e. The van der Waals surface area contributed by atoms with E-state index in [0.29, 0.717) is 28.8 Å². The molecule has 0 aliphatic carbocycles. The predicted molar refractivity (Wildman–Crippen MR) is 67.7 cm³/mol. The summed E-state index contributed by atoms with van der Waals surface area (Å²) in [5, 5.41) is 13.1. The normalized spacial score (nSPS) is 17.5. The van der Waals surface area contributed by atoms with Crippen molar-refractivity contribution in [1.82, 2.24) is 4.90 Å². The van der Waals surface area contributed by atoms with Gasteiger partial charge in [0.15, 0.2) is 0 Å². The average Bonchev–Trinajstić information content (AvgIpc) is 2.20. The molecule has 1 aliphatic heterocycles. The molecule has 0 atom stereocenters. The Labute approximate surface area is 109 Å². The molecular formula is C11H12Cl2N2O2. The molecule has 0 bridgehead atoms. The van der Waals surface area contributed by atoms with E-state index in [4.69, 9.17) is 23.2 Å². The first-order valence-electron chi connectivity index (χ1n) is 5.11. The number of nitrogens with one attached hydrogen (secondary N) is 1. The molecule has 0 radical (unpaired) electrons. The van der Waals surface area contributed by atoms with Gasteiger partial charge in [-0.3, -0.25) is 0 Å². The molecule has 0 unspecified atom stereocenters. The third-order valence-electron chi connectivity index (χ3n) is 2.52. The first-order chi connectivity index (χ1) is 7.87. The van der Waals surface area contributed by atoms with Gasteiger partial charge < -0.3 is 15.3 Å². The van der Waals surface area contributed by atoms with Gasteiger partial charge in [-0.1, -0.05) is 23.2 Å². The summed E-state index contributed by atoms with van der Waals surface area (Å²) in [4.78, 5) is 13.2. The van der Waals surface area contributed by atoms with Gasteiger partial charge in [0.25, 0.3) is 0 Å². The Kier molecular flexibility index (Phi) is 3.21. The van der Waals surface area contributed by atoms with Gasteiger partial charge in [-0.05, 0) is 25.1 Å². The van der Waals surface area contributed by atoms with Crippen molar-refractivity contribution in [1.29, 1.82) is 0 Å². The minimum atomic E-state index is -0.782. The zero-order chi connectivity index (χ0) is 12.6. The predicted octanol–water partition coefficient (Wildman–Crippen LogP) is 2.59. The maximum Gasteiger partial charge on any atom is 0.322 e. The second-order valence-corrected chi connectivity index (χ2v) is 5.25. The van der Waals surface area contributed by atoms with Gasteiger partial charge in [0, 0.05) is 5.02 Å². The van der Waals surface area contributed by atoms with Crippen LogP contribution < -0.4 is 5.32 Å². The number of β-amino-alcohol motifs (C(OH)–C–C–N with tert-alkyl or cyclic N) is 1. The lowest BCUT2D eigenvalue weighted by Gasteiger charge is -2.43. The van der Waals surface area contributed by atoms with Crippen molar-refractivity contribution in [3.63, 3.8) is 0 Å². The Balaban J connectivity index is 2.02. The summed E-state index contributed by atoms with van der Waals surface area (Å²) in [6, 6.07) is 4.56. The first kappa shape index (κ1) is 12.5. The molecule has 1 fully saturated rings. The molecule has 6 heteroatoms. The van der Waals surface area contributed by atoms with E-state index in [2.05, 4.69) is 5.32 Å². The molecule has 92 valence electrons. The van der Waals surface area contributed by atoms with Gasteiger partial charge in [0.1, 0.15) is 0 Å². The smallest absolute Gasteiger partial charge is 0.322 e. The fourth-order valence-electron chi connectivity index (χ4n) is 1.71. The van der Waals surface area contributed by atoms with Crippen LogP contribution in [0.1, 0.15) is 6.92 Å². The number of hydrogen-bond acceptors (Lipinski definition) is 2. The zero-order valence-corrected chi connectivity index (χ0v) is 10.7. The molecule has 2 amide bonds. The molecule has 0 saturated carbocycles. The van der Waals surface area contributed by atoms with E-state index < -0.39 is 5.60 Å². The molecule has 1 aromatic rings. The summed E-state index contributed by atoms with van der Waals surface area (Å²) in [6.45, 7) is 2.32. The maximum absolute atomic E-state index is 11.7. The number of carbonyl (C=O) groups excluding carboxylic acids is 1. The number of anilines is 1. The van der Waals surface area contributed by atoms with Gasteiger partial charge >= 0.3 is 6.03 Å². The summed E-state index contributed by atoms with van der Waals surface area (Å²) in [6.07, 6.45) is 0. The Morgan fingerprint density at radius 1 is 1.47 bits per heavy atom. The molecule has 1 aromatic carbocycles. The standard InChI is InChI=1S/C11H12Cl2N2O2/c1-11(17)5-15(6-11)10(16)14-9-4-7(12)2-3-8(9)13/h2-4,17H,5-6H2,1H3,(H,14,16). The highest BCUT2D eigenvalue weighted by molar-refractivity contribution is 6.35. The third-order valence-corrected chi connectivity index (χ3v) is 3.08. The van der Waals surface area contributed by atoms with Crippen LogP contribution in [-0.4, -0.2) is 34.7 Å². The molecule has 0 aromatic heterocycles. The number of aliphatic hydroxyl groups is 1. The third kappa shape index (κ3) is 2.83. The number of amides is 2. The van der Waals surface area contributed by atoms with Crippen LogP contribution in [0, 0.1) is 0 Å². The van der Waals surface area contributed by atoms with E-state index in [1.807, 2.05) is 0 Å². The van der Waals surface area contributed by atoms with Crippen LogP contribution in [0.5, 0.6) is 0 Å². The van der Waals surface area contributed by atoms with E-state index in [0.717, 1.165) is 0 Å². The molecule has 0 spiro atoms. The van der Waals surface area contributed by atoms with Crippen LogP contribution in [0.15, 0.2) is 18.2 Å². The van der Waals surface area contributed by atoms with E-state index in [-0.39, 0.29) is 6.03 Å². The zero-order valence-electron chi connectivity index (χ0n) is 9.20. The molecule has 1 aliphatic rings. The van der Waals surface area contributed by atoms with E-state index in [9.17, 15) is 9.90 Å². The summed E-state index contributed by atoms with van der Waals surface area (Å²) in [7, 11) is 0. The average molecular weight is 275 g/mol. The number of nitrogens with zero attached hydrogens (tertiary/aromatic N) is 1. The lowest BCUT2D eigenvalue weighted by molar-refractivity contribution is -0.0581. The Morgan fingerprint density at radius 3 is 2.71 bits per heavy atom. The quantitative estimate of drug-likeness (QED) is 0.827. The number of rotatable bonds is 1. The highest BCUT2D eigenvalue weighted by Gasteiger charge is 2.39. The Morgan fingerprint density at radius 2 is 2.12 bits per heavy atom. The van der Waals surface area contributed by atoms with Crippen molar-refractivity contribution in [2.45, 2.75) is 12.5 Å². The fourth-order valence-corrected chi connectivity index (χ4v) is 2.04. The minimum absolute atomic E-state index is 0.291. The SMILES string of the molecule is CC1(O)CN(C(=O)Nc2cc(Cl)ccc2Cl)C1. The maximum atomic E-state index is 11.7. The van der Waals surface area contributed by atoms with Gasteiger partial charge in [0.05, 0.1) is 29.4 Å². The fraction of sp³-hybridized carbons (Fsp3) is 0.364. The highest BCUT2D eigenvalue weighted by atomic mass is 35.5. The number of hydrogen-bond donors (Lipinski definition) is 2. The number of urea groups is 1. The van der Waals surface area contributed by atoms with Crippen LogP contribution in [0.3, 0.4) is 0 Å². The number of likely N-dealkylation sites (tertiary alicyclic amines) is 1. The van der Waals surface area contributed by atoms with E-state index in [1.54, 1.807) is 25.1 Å². The molecule has 1 heterocycles. The summed E-state index contributed by atoms with van der Waals surface area (Å²) in [5.41, 5.74) is -0.314. The Hall–Kier alpha value is -0.970. The van der Waals surface area contributed by atoms with Crippen LogP contribution in [0.2, 0.25) is 10.0 Å². The number of halogens is 2. The van der Waals surface area contributed by atoms with Crippen LogP contribution >= 0.6 is 23.2 Å². The van der Waals surface area contributed by atoms with Gasteiger partial charge in [-0.2, -0.15) is 0 Å². The first-order valence-corrected chi connectivity index (χ1v) is 5.86. The summed E-state index contributed by atoms with van der Waals surface area (Å²) >= 11 is 11.7. The molecule has 17 heavy (non-hydrogen) atoms. The van der Waals surface area contributed by atoms with Crippen molar-refractivity contribution in [3.05, 3.63) is 28.2 Å². The van der Waals surface area contributed by atoms with E-state index >= 15 is 0 Å². The lowest BCUT2D eigenvalue weighted by atomic mass is 9.98. The molecular weight excluding hydrogens is 263 g/mol. The molecule has 1 saturated heterocycles. The molecule has 4 nitrogen and oxygen atoms in total. The van der Waals surface area contributed by atoms with Crippen molar-refractivity contribution in [3.8, 4) is 0 Å². The lowest BCUT2D eigenvalue weighted by Crippen LogP contribution is -2.62. The number of benzene rings is 1. The second-order valence-electron chi connectivity index (χ2n) is 4.41. The van der Waals surface area contributed by atoms with Crippen molar-refractivity contribution >= 4 is 34.9 Å². The number of carbonyl (C=O) groups is 1. The summed E-state index contributed by atoms with van der Waals surface area (Å²) in [5.74, 6) is 0. The topological polar surface area (TPSA) is 52.6 Å². The van der Waals surface area contributed by atoms with Gasteiger partial charge in [0.2, 0.25) is 0 Å². The van der Waals surface area contributed by atoms with Crippen LogP contribution in [0.25, 0.3) is 0 Å². The van der Waals surface area contributed by atoms with Crippen molar-refractivity contribution in [2.24, 2.45) is 0 Å². The largest absolute Gasteiger partial charge is 0.386 e. The second kappa shape index (κ2) is 4.37. The molecule has 2 N–H and O–H groups in total. The van der Waals surface area contributed by atoms with Crippen LogP contribution in [0.4, 0.5) is 10.5 Å². The summed E-state index contributed by atoms with van der Waals surface area (Å²) < 4.78 is 0. The van der Waals surface area contributed by atoms with E-state index in [1.165, 1.54) is 4.90 Å². The van der Waals surface area contributed by atoms with Gasteiger partial charge in [-0.15, -0.1) is 0 Å². The monoisotopic (exact) mass is 274 g/mol.